The first-order valence-corrected chi connectivity index (χ1v) is 25.7. The van der Waals surface area contributed by atoms with Gasteiger partial charge in [0.2, 0.25) is 17.7 Å². The maximum Gasteiger partial charge on any atom is 0.274 e. The fraction of sp³-hybridized carbons (Fsp3) is 0.382. The number of halogens is 1. The summed E-state index contributed by atoms with van der Waals surface area (Å²) in [5, 5.41) is 21.0. The second kappa shape index (κ2) is 28.4. The van der Waals surface area contributed by atoms with Gasteiger partial charge in [0.05, 0.1) is 119 Å². The molecule has 2 fully saturated rings. The van der Waals surface area contributed by atoms with Gasteiger partial charge >= 0.3 is 0 Å². The number of pyridine rings is 1. The van der Waals surface area contributed by atoms with E-state index in [1.165, 1.54) is 37.6 Å². The summed E-state index contributed by atoms with van der Waals surface area (Å²) in [6.45, 7) is 6.49. The van der Waals surface area contributed by atoms with Gasteiger partial charge in [-0.15, -0.1) is 0 Å². The number of methoxy groups -OCH3 is 1. The Hall–Kier alpha value is -8.31. The van der Waals surface area contributed by atoms with Gasteiger partial charge in [-0.3, -0.25) is 48.9 Å². The van der Waals surface area contributed by atoms with Gasteiger partial charge in [-0.2, -0.15) is 5.26 Å². The Kier molecular flexibility index (Phi) is 20.4. The van der Waals surface area contributed by atoms with Gasteiger partial charge < -0.3 is 49.3 Å². The molecular weight excluding hydrogens is 1030 g/mol. The fourth-order valence-corrected chi connectivity index (χ4v) is 9.04. The number of hydrogen-bond acceptors (Lipinski definition) is 19. The quantitative estimate of drug-likeness (QED) is 0.0413. The van der Waals surface area contributed by atoms with Gasteiger partial charge in [-0.05, 0) is 60.5 Å². The van der Waals surface area contributed by atoms with Crippen LogP contribution in [0.15, 0.2) is 85.3 Å². The molecule has 1 atom stereocenters. The van der Waals surface area contributed by atoms with Crippen LogP contribution in [0.4, 0.5) is 21.5 Å². The van der Waals surface area contributed by atoms with Crippen molar-refractivity contribution in [2.45, 2.75) is 18.9 Å². The molecule has 79 heavy (non-hydrogen) atoms. The third-order valence-corrected chi connectivity index (χ3v) is 13.0. The lowest BCUT2D eigenvalue weighted by Gasteiger charge is -2.36. The number of nitrogens with zero attached hydrogens (tertiary/aromatic N) is 7. The summed E-state index contributed by atoms with van der Waals surface area (Å²) in [6, 6.07) is 18.9. The molecule has 414 valence electrons. The summed E-state index contributed by atoms with van der Waals surface area (Å²) >= 11 is 0. The minimum Gasteiger partial charge on any atom is -0.496 e. The molecule has 24 heteroatoms. The zero-order valence-corrected chi connectivity index (χ0v) is 43.5. The number of piperidine rings is 1. The number of rotatable bonds is 28. The number of benzene rings is 3. The van der Waals surface area contributed by atoms with Crippen LogP contribution in [0.1, 0.15) is 49.6 Å². The predicted octanol–water partition coefficient (Wildman–Crippen LogP) is 3.31. The van der Waals surface area contributed by atoms with E-state index in [0.29, 0.717) is 134 Å². The number of nitrogens with one attached hydrogen (secondary N) is 4. The van der Waals surface area contributed by atoms with Gasteiger partial charge in [0.25, 0.3) is 17.7 Å². The molecule has 0 saturated carbocycles. The second-order valence-electron chi connectivity index (χ2n) is 18.1. The highest BCUT2D eigenvalue weighted by Crippen LogP contribution is 2.36. The Labute approximate surface area is 454 Å². The van der Waals surface area contributed by atoms with Crippen molar-refractivity contribution in [1.29, 1.82) is 5.26 Å². The van der Waals surface area contributed by atoms with Gasteiger partial charge in [0, 0.05) is 75.5 Å². The number of carbonyl (C=O) groups excluding carboxylic acids is 6. The Morgan fingerprint density at radius 3 is 2.16 bits per heavy atom. The van der Waals surface area contributed by atoms with Gasteiger partial charge in [0.15, 0.2) is 5.82 Å². The Morgan fingerprint density at radius 1 is 0.772 bits per heavy atom. The molecule has 23 nitrogen and oxygen atoms in total. The van der Waals surface area contributed by atoms with Crippen molar-refractivity contribution in [2.24, 2.45) is 0 Å². The van der Waals surface area contributed by atoms with E-state index in [0.717, 1.165) is 10.5 Å². The lowest BCUT2D eigenvalue weighted by molar-refractivity contribution is -0.136. The van der Waals surface area contributed by atoms with Crippen molar-refractivity contribution in [3.8, 4) is 34.3 Å². The summed E-state index contributed by atoms with van der Waals surface area (Å²) in [7, 11) is 1.41. The number of ether oxygens (including phenoxy) is 6. The molecule has 0 aliphatic carbocycles. The number of piperazine rings is 1. The zero-order chi connectivity index (χ0) is 55.5. The lowest BCUT2D eigenvalue weighted by atomic mass is 10.0. The van der Waals surface area contributed by atoms with Crippen molar-refractivity contribution >= 4 is 52.5 Å². The van der Waals surface area contributed by atoms with Gasteiger partial charge in [-0.1, -0.05) is 18.2 Å². The second-order valence-corrected chi connectivity index (χ2v) is 18.1. The van der Waals surface area contributed by atoms with Crippen molar-refractivity contribution in [1.82, 2.24) is 35.4 Å². The van der Waals surface area contributed by atoms with E-state index < -0.39 is 41.4 Å². The minimum atomic E-state index is -1.04. The Bertz CT molecular complexity index is 3040. The van der Waals surface area contributed by atoms with Crippen molar-refractivity contribution in [3.05, 3.63) is 114 Å². The van der Waals surface area contributed by atoms with Crippen LogP contribution in [0.25, 0.3) is 22.5 Å². The van der Waals surface area contributed by atoms with E-state index in [1.54, 1.807) is 48.8 Å². The van der Waals surface area contributed by atoms with Crippen LogP contribution in [-0.2, 0) is 38.1 Å². The number of amides is 6. The van der Waals surface area contributed by atoms with Crippen LogP contribution in [0.3, 0.4) is 0 Å². The van der Waals surface area contributed by atoms with E-state index in [4.69, 9.17) is 28.4 Å². The topological polar surface area (TPSA) is 278 Å². The molecule has 3 aliphatic heterocycles. The smallest absolute Gasteiger partial charge is 0.274 e. The molecule has 3 aliphatic rings. The molecule has 6 amide bonds. The van der Waals surface area contributed by atoms with E-state index in [9.17, 15) is 38.4 Å². The number of nitriles is 1. The third kappa shape index (κ3) is 14.8. The molecule has 2 aromatic heterocycles. The SMILES string of the molecule is COc1cccc(F)c1-c1nccc(C(=O)Nc2ccc(-c3cnccc3C#N)cc2N2CCN(CC(=O)NCCOCCOCCOCCOCCOCCNc3cccc4c3C(=O)N(C3CCC(=O)NC3=O)C4=O)CC2)n1. The van der Waals surface area contributed by atoms with E-state index >= 15 is 0 Å². The van der Waals surface area contributed by atoms with Crippen LogP contribution in [-0.4, -0.2) is 185 Å². The normalized spacial score (nSPS) is 15.4. The highest BCUT2D eigenvalue weighted by Gasteiger charge is 2.45. The van der Waals surface area contributed by atoms with Crippen LogP contribution >= 0.6 is 0 Å². The number of aromatic nitrogens is 3. The largest absolute Gasteiger partial charge is 0.496 e. The van der Waals surface area contributed by atoms with E-state index in [2.05, 4.69) is 47.2 Å². The zero-order valence-electron chi connectivity index (χ0n) is 43.5. The maximum atomic E-state index is 14.9. The third-order valence-electron chi connectivity index (χ3n) is 13.0. The average Bonchev–Trinajstić information content (AvgIpc) is 4.00. The number of carbonyl (C=O) groups is 6. The summed E-state index contributed by atoms with van der Waals surface area (Å²) in [5.41, 5.74) is 3.85. The number of fused-ring (bicyclic) bond motifs is 1. The molecule has 0 spiro atoms. The Balaban J connectivity index is 0.664. The first-order chi connectivity index (χ1) is 38.5. The van der Waals surface area contributed by atoms with Gasteiger partial charge in [-0.25, -0.2) is 14.4 Å². The van der Waals surface area contributed by atoms with Crippen LogP contribution in [0.2, 0.25) is 0 Å². The van der Waals surface area contributed by atoms with Crippen molar-refractivity contribution in [2.75, 3.05) is 135 Å². The van der Waals surface area contributed by atoms with E-state index in [-0.39, 0.29) is 59.3 Å². The molecule has 3 aromatic carbocycles. The molecule has 8 rings (SSSR count). The standard InChI is InChI=1S/C55H60FN11O12/c1-74-46-7-3-5-40(56)50(46)51-61-15-13-43(62-51)52(70)63-41-9-8-36(39-34-58-14-12-37(39)33-57)32-45(41)66-20-18-65(19-21-66)35-48(69)60-17-23-76-25-27-78-29-31-79-30-28-77-26-24-75-22-16-59-42-6-2-4-38-49(42)55(73)67(54(38)72)44-10-11-47(68)64-53(44)71/h2-9,12-15,32,34,44,59H,10-11,16-31,35H2,1H3,(H,60,69)(H,63,70)(H,64,68,71). The van der Waals surface area contributed by atoms with Gasteiger partial charge in [0.1, 0.15) is 23.3 Å². The number of anilines is 3. The molecule has 2 saturated heterocycles. The minimum absolute atomic E-state index is 0.00669. The number of hydrogen-bond donors (Lipinski definition) is 4. The summed E-state index contributed by atoms with van der Waals surface area (Å²) in [5.74, 6) is -3.32. The highest BCUT2D eigenvalue weighted by molar-refractivity contribution is 6.25. The van der Waals surface area contributed by atoms with Crippen LogP contribution in [0, 0.1) is 17.1 Å². The summed E-state index contributed by atoms with van der Waals surface area (Å²) in [6.07, 6.45) is 4.68. The fourth-order valence-electron chi connectivity index (χ4n) is 9.04. The first-order valence-electron chi connectivity index (χ1n) is 25.7. The Morgan fingerprint density at radius 2 is 1.47 bits per heavy atom. The molecule has 5 aromatic rings. The molecule has 1 unspecified atom stereocenters. The van der Waals surface area contributed by atoms with Crippen LogP contribution < -0.4 is 30.9 Å². The van der Waals surface area contributed by atoms with Crippen molar-refractivity contribution < 1.29 is 61.6 Å². The molecular formula is C55H60FN11O12. The predicted molar refractivity (Wildman–Crippen MR) is 284 cm³/mol. The molecule has 5 heterocycles. The van der Waals surface area contributed by atoms with Crippen LogP contribution in [0.5, 0.6) is 5.75 Å². The molecule has 0 bridgehead atoms. The number of imide groups is 2. The monoisotopic (exact) mass is 1090 g/mol. The lowest BCUT2D eigenvalue weighted by Crippen LogP contribution is -2.54. The molecule has 0 radical (unpaired) electrons. The average molecular weight is 1090 g/mol. The first kappa shape index (κ1) is 56.9. The van der Waals surface area contributed by atoms with E-state index in [1.807, 2.05) is 11.0 Å². The summed E-state index contributed by atoms with van der Waals surface area (Å²) < 4.78 is 48.2. The van der Waals surface area contributed by atoms with Crippen molar-refractivity contribution in [3.63, 3.8) is 0 Å². The highest BCUT2D eigenvalue weighted by atomic mass is 19.1. The molecule has 4 N–H and O–H groups in total. The maximum absolute atomic E-state index is 14.9. The summed E-state index contributed by atoms with van der Waals surface area (Å²) in [4.78, 5) is 94.8.